The molecule has 0 amide bonds. The Balaban J connectivity index is 1.75. The molecule has 0 aromatic rings. The first-order valence-electron chi connectivity index (χ1n) is 7.40. The molecule has 0 saturated carbocycles. The van der Waals surface area contributed by atoms with Gasteiger partial charge in [0.1, 0.15) is 0 Å². The van der Waals surface area contributed by atoms with Gasteiger partial charge in [0, 0.05) is 13.1 Å². The first kappa shape index (κ1) is 13.8. The summed E-state index contributed by atoms with van der Waals surface area (Å²) < 4.78 is 0. The maximum Gasteiger partial charge on any atom is 0.317 e. The molecule has 0 aromatic heterocycles. The second-order valence-electron chi connectivity index (χ2n) is 5.85. The van der Waals surface area contributed by atoms with Gasteiger partial charge < -0.3 is 10.0 Å². The molecule has 2 saturated heterocycles. The lowest BCUT2D eigenvalue weighted by molar-refractivity contribution is -0.138. The molecule has 0 aromatic carbocycles. The minimum Gasteiger partial charge on any atom is -0.480 e. The first-order valence-corrected chi connectivity index (χ1v) is 7.40. The third-order valence-electron chi connectivity index (χ3n) is 4.18. The Hall–Kier alpha value is -0.610. The number of piperidine rings is 1. The predicted molar refractivity (Wildman–Crippen MR) is 71.7 cm³/mol. The number of aliphatic carboxylic acids is 1. The molecule has 0 radical (unpaired) electrons. The van der Waals surface area contributed by atoms with Crippen LogP contribution in [-0.4, -0.2) is 60.1 Å². The largest absolute Gasteiger partial charge is 0.480 e. The molecule has 2 heterocycles. The lowest BCUT2D eigenvalue weighted by Crippen LogP contribution is -2.43. The quantitative estimate of drug-likeness (QED) is 0.828. The predicted octanol–water partition coefficient (Wildman–Crippen LogP) is 1.66. The van der Waals surface area contributed by atoms with Gasteiger partial charge in [-0.15, -0.1) is 0 Å². The molecule has 1 unspecified atom stereocenters. The highest BCUT2D eigenvalue weighted by molar-refractivity contribution is 5.69. The smallest absolute Gasteiger partial charge is 0.317 e. The highest BCUT2D eigenvalue weighted by Crippen LogP contribution is 2.19. The number of carbonyl (C=O) groups is 1. The van der Waals surface area contributed by atoms with Crippen LogP contribution in [0.2, 0.25) is 0 Å². The van der Waals surface area contributed by atoms with E-state index in [1.165, 1.54) is 51.7 Å². The van der Waals surface area contributed by atoms with Crippen LogP contribution in [0.25, 0.3) is 0 Å². The molecule has 4 nitrogen and oxygen atoms in total. The van der Waals surface area contributed by atoms with Crippen LogP contribution in [-0.2, 0) is 4.79 Å². The number of nitrogens with zero attached hydrogens (tertiary/aromatic N) is 2. The number of hydrogen-bond acceptors (Lipinski definition) is 3. The van der Waals surface area contributed by atoms with Gasteiger partial charge in [-0.05, 0) is 51.2 Å². The van der Waals surface area contributed by atoms with Gasteiger partial charge in [-0.25, -0.2) is 0 Å². The van der Waals surface area contributed by atoms with Gasteiger partial charge >= 0.3 is 5.97 Å². The van der Waals surface area contributed by atoms with Gasteiger partial charge in [0.15, 0.2) is 0 Å². The Morgan fingerprint density at radius 2 is 1.67 bits per heavy atom. The van der Waals surface area contributed by atoms with E-state index >= 15 is 0 Å². The SMILES string of the molecule is O=C(O)CN1CCCC(CN2CCCCCC2)C1. The zero-order valence-electron chi connectivity index (χ0n) is 11.3. The molecule has 1 N–H and O–H groups in total. The minimum atomic E-state index is -0.689. The lowest BCUT2D eigenvalue weighted by atomic mass is 9.97. The summed E-state index contributed by atoms with van der Waals surface area (Å²) in [6, 6.07) is 0. The molecule has 1 atom stereocenters. The Bertz CT molecular complexity index is 263. The summed E-state index contributed by atoms with van der Waals surface area (Å²) >= 11 is 0. The van der Waals surface area contributed by atoms with Crippen LogP contribution in [0.3, 0.4) is 0 Å². The van der Waals surface area contributed by atoms with Crippen molar-refractivity contribution in [2.75, 3.05) is 39.3 Å². The van der Waals surface area contributed by atoms with E-state index in [2.05, 4.69) is 9.80 Å². The summed E-state index contributed by atoms with van der Waals surface area (Å²) in [6.07, 6.45) is 7.87. The van der Waals surface area contributed by atoms with Gasteiger partial charge in [-0.2, -0.15) is 0 Å². The van der Waals surface area contributed by atoms with E-state index in [9.17, 15) is 4.79 Å². The van der Waals surface area contributed by atoms with Gasteiger partial charge in [0.05, 0.1) is 6.54 Å². The van der Waals surface area contributed by atoms with Crippen molar-refractivity contribution in [1.82, 2.24) is 9.80 Å². The maximum atomic E-state index is 10.8. The van der Waals surface area contributed by atoms with Crippen molar-refractivity contribution in [3.05, 3.63) is 0 Å². The third kappa shape index (κ3) is 4.58. The van der Waals surface area contributed by atoms with Crippen molar-refractivity contribution in [2.24, 2.45) is 5.92 Å². The number of rotatable bonds is 4. The molecular formula is C14H26N2O2. The van der Waals surface area contributed by atoms with E-state index < -0.39 is 5.97 Å². The van der Waals surface area contributed by atoms with E-state index in [1.807, 2.05) is 0 Å². The highest BCUT2D eigenvalue weighted by atomic mass is 16.4. The van der Waals surface area contributed by atoms with Crippen LogP contribution in [0, 0.1) is 5.92 Å². The van der Waals surface area contributed by atoms with Gasteiger partial charge in [-0.3, -0.25) is 9.69 Å². The van der Waals surface area contributed by atoms with Crippen LogP contribution in [0.5, 0.6) is 0 Å². The van der Waals surface area contributed by atoms with Crippen molar-refractivity contribution in [1.29, 1.82) is 0 Å². The van der Waals surface area contributed by atoms with Gasteiger partial charge in [-0.1, -0.05) is 12.8 Å². The number of hydrogen-bond donors (Lipinski definition) is 1. The third-order valence-corrected chi connectivity index (χ3v) is 4.18. The Kier molecular flexibility index (Phi) is 5.45. The van der Waals surface area contributed by atoms with Crippen LogP contribution >= 0.6 is 0 Å². The molecule has 2 aliphatic heterocycles. The second kappa shape index (κ2) is 7.10. The molecule has 2 fully saturated rings. The van der Waals surface area contributed by atoms with Crippen LogP contribution in [0.4, 0.5) is 0 Å². The van der Waals surface area contributed by atoms with Gasteiger partial charge in [0.2, 0.25) is 0 Å². The average molecular weight is 254 g/mol. The molecule has 104 valence electrons. The van der Waals surface area contributed by atoms with E-state index in [1.54, 1.807) is 0 Å². The van der Waals surface area contributed by atoms with Crippen molar-refractivity contribution in [3.8, 4) is 0 Å². The second-order valence-corrected chi connectivity index (χ2v) is 5.85. The first-order chi connectivity index (χ1) is 8.74. The fraction of sp³-hybridized carbons (Fsp3) is 0.929. The fourth-order valence-corrected chi connectivity index (χ4v) is 3.32. The molecule has 2 rings (SSSR count). The molecule has 0 bridgehead atoms. The van der Waals surface area contributed by atoms with Crippen molar-refractivity contribution in [3.63, 3.8) is 0 Å². The zero-order chi connectivity index (χ0) is 12.8. The molecule has 0 spiro atoms. The summed E-state index contributed by atoms with van der Waals surface area (Å²) in [6.45, 7) is 5.82. The standard InChI is InChI=1S/C14H26N2O2/c17-14(18)12-16-9-5-6-13(11-16)10-15-7-3-1-2-4-8-15/h13H,1-12H2,(H,17,18). The Labute approximate surface area is 110 Å². The normalized spacial score (nSPS) is 27.9. The number of carboxylic acids is 1. The number of carboxylic acid groups (broad SMARTS) is 1. The van der Waals surface area contributed by atoms with E-state index in [0.717, 1.165) is 19.5 Å². The fourth-order valence-electron chi connectivity index (χ4n) is 3.32. The summed E-state index contributed by atoms with van der Waals surface area (Å²) in [7, 11) is 0. The van der Waals surface area contributed by atoms with Crippen molar-refractivity contribution in [2.45, 2.75) is 38.5 Å². The molecule has 4 heteroatoms. The molecule has 2 aliphatic rings. The number of likely N-dealkylation sites (tertiary alicyclic amines) is 2. The molecule has 18 heavy (non-hydrogen) atoms. The monoisotopic (exact) mass is 254 g/mol. The summed E-state index contributed by atoms with van der Waals surface area (Å²) in [5, 5.41) is 8.86. The van der Waals surface area contributed by atoms with E-state index in [4.69, 9.17) is 5.11 Å². The molecular weight excluding hydrogens is 228 g/mol. The highest BCUT2D eigenvalue weighted by Gasteiger charge is 2.23. The summed E-state index contributed by atoms with van der Waals surface area (Å²) in [5.41, 5.74) is 0. The summed E-state index contributed by atoms with van der Waals surface area (Å²) in [5.74, 6) is -0.0124. The molecule has 0 aliphatic carbocycles. The van der Waals surface area contributed by atoms with E-state index in [-0.39, 0.29) is 6.54 Å². The Morgan fingerprint density at radius 3 is 2.33 bits per heavy atom. The topological polar surface area (TPSA) is 43.8 Å². The Morgan fingerprint density at radius 1 is 1.00 bits per heavy atom. The van der Waals surface area contributed by atoms with Crippen LogP contribution in [0.15, 0.2) is 0 Å². The van der Waals surface area contributed by atoms with Crippen molar-refractivity contribution < 1.29 is 9.90 Å². The van der Waals surface area contributed by atoms with Crippen LogP contribution in [0.1, 0.15) is 38.5 Å². The maximum absolute atomic E-state index is 10.8. The summed E-state index contributed by atoms with van der Waals surface area (Å²) in [4.78, 5) is 15.5. The minimum absolute atomic E-state index is 0.219. The van der Waals surface area contributed by atoms with Crippen molar-refractivity contribution >= 4 is 5.97 Å². The zero-order valence-corrected chi connectivity index (χ0v) is 11.3. The van der Waals surface area contributed by atoms with E-state index in [0.29, 0.717) is 5.92 Å². The average Bonchev–Trinajstić information content (AvgIpc) is 2.57. The lowest BCUT2D eigenvalue weighted by Gasteiger charge is -2.34. The van der Waals surface area contributed by atoms with Crippen LogP contribution < -0.4 is 0 Å². The van der Waals surface area contributed by atoms with Gasteiger partial charge in [0.25, 0.3) is 0 Å².